The lowest BCUT2D eigenvalue weighted by atomic mass is 10.1. The monoisotopic (exact) mass is 493 g/mol. The molecule has 12 heteroatoms. The largest absolute Gasteiger partial charge is 0.416 e. The molecule has 0 saturated heterocycles. The second kappa shape index (κ2) is 8.99. The predicted molar refractivity (Wildman–Crippen MR) is 116 cm³/mol. The first-order chi connectivity index (χ1) is 16.1. The number of benzene rings is 2. The van der Waals surface area contributed by atoms with Crippen LogP contribution in [0.5, 0.6) is 0 Å². The first-order valence-electron chi connectivity index (χ1n) is 9.78. The Kier molecular flexibility index (Phi) is 6.24. The molecule has 0 radical (unpaired) electrons. The molecule has 1 amide bonds. The van der Waals surface area contributed by atoms with Gasteiger partial charge in [0.15, 0.2) is 11.3 Å². The highest BCUT2D eigenvalue weighted by molar-refractivity contribution is 6.34. The van der Waals surface area contributed by atoms with E-state index in [0.717, 1.165) is 18.2 Å². The fourth-order valence-corrected chi connectivity index (χ4v) is 3.55. The Balaban J connectivity index is 1.76. The minimum absolute atomic E-state index is 0.0758. The van der Waals surface area contributed by atoms with Crippen LogP contribution in [0.3, 0.4) is 0 Å². The number of halogens is 5. The number of aromatic nitrogens is 4. The number of hydrogen-bond acceptors (Lipinski definition) is 5. The number of amides is 1. The summed E-state index contributed by atoms with van der Waals surface area (Å²) in [5, 5.41) is 14.8. The number of methoxy groups -OCH3 is 1. The van der Waals surface area contributed by atoms with Crippen molar-refractivity contribution in [2.24, 2.45) is 0 Å². The second-order valence-electron chi connectivity index (χ2n) is 7.28. The average molecular weight is 494 g/mol. The number of carbonyl (C=O) groups is 1. The van der Waals surface area contributed by atoms with Crippen molar-refractivity contribution in [3.8, 4) is 11.1 Å². The van der Waals surface area contributed by atoms with Crippen molar-refractivity contribution in [1.29, 1.82) is 0 Å². The van der Waals surface area contributed by atoms with Gasteiger partial charge in [-0.25, -0.2) is 8.91 Å². The molecule has 1 N–H and O–H groups in total. The van der Waals surface area contributed by atoms with Gasteiger partial charge in [-0.2, -0.15) is 18.3 Å². The van der Waals surface area contributed by atoms with Gasteiger partial charge in [-0.3, -0.25) is 4.79 Å². The Morgan fingerprint density at radius 3 is 2.50 bits per heavy atom. The molecular weight excluding hydrogens is 478 g/mol. The van der Waals surface area contributed by atoms with E-state index >= 15 is 0 Å². The molecule has 0 atom stereocenters. The molecule has 0 saturated carbocycles. The van der Waals surface area contributed by atoms with E-state index in [4.69, 9.17) is 16.3 Å². The van der Waals surface area contributed by atoms with Crippen molar-refractivity contribution in [2.75, 3.05) is 12.4 Å². The van der Waals surface area contributed by atoms with Crippen LogP contribution in [0.25, 0.3) is 16.8 Å². The highest BCUT2D eigenvalue weighted by atomic mass is 35.5. The first kappa shape index (κ1) is 23.6. The van der Waals surface area contributed by atoms with E-state index in [-0.39, 0.29) is 28.7 Å². The van der Waals surface area contributed by atoms with Gasteiger partial charge in [0.25, 0.3) is 5.91 Å². The summed E-state index contributed by atoms with van der Waals surface area (Å²) in [5.74, 6) is -1.23. The molecule has 2 aromatic carbocycles. The number of nitrogens with zero attached hydrogens (tertiary/aromatic N) is 4. The number of carbonyl (C=O) groups excluding carboxylic acids is 1. The van der Waals surface area contributed by atoms with Crippen molar-refractivity contribution in [1.82, 2.24) is 19.8 Å². The third-order valence-electron chi connectivity index (χ3n) is 5.01. The molecule has 2 aromatic heterocycles. The summed E-state index contributed by atoms with van der Waals surface area (Å²) in [6.07, 6.45) is -4.61. The average Bonchev–Trinajstić information content (AvgIpc) is 3.14. The molecule has 0 spiro atoms. The summed E-state index contributed by atoms with van der Waals surface area (Å²) in [5.41, 5.74) is 0.848. The Bertz CT molecular complexity index is 1390. The molecule has 0 bridgehead atoms. The van der Waals surface area contributed by atoms with Gasteiger partial charge in [-0.1, -0.05) is 23.7 Å². The van der Waals surface area contributed by atoms with Crippen LogP contribution in [0, 0.1) is 12.7 Å². The van der Waals surface area contributed by atoms with E-state index in [2.05, 4.69) is 20.6 Å². The maximum absolute atomic E-state index is 13.4. The Hall–Kier alpha value is -3.57. The zero-order valence-electron chi connectivity index (χ0n) is 17.7. The number of rotatable bonds is 5. The highest BCUT2D eigenvalue weighted by Gasteiger charge is 2.31. The molecule has 176 valence electrons. The van der Waals surface area contributed by atoms with Crippen LogP contribution in [0.1, 0.15) is 27.4 Å². The molecule has 34 heavy (non-hydrogen) atoms. The van der Waals surface area contributed by atoms with Crippen molar-refractivity contribution in [3.63, 3.8) is 0 Å². The van der Waals surface area contributed by atoms with Crippen LogP contribution >= 0.6 is 11.6 Å². The molecule has 0 aliphatic rings. The molecule has 4 rings (SSSR count). The van der Waals surface area contributed by atoms with Crippen LogP contribution in [-0.4, -0.2) is 32.8 Å². The number of anilines is 1. The maximum Gasteiger partial charge on any atom is 0.416 e. The number of fused-ring (bicyclic) bond motifs is 1. The van der Waals surface area contributed by atoms with Crippen molar-refractivity contribution < 1.29 is 27.1 Å². The lowest BCUT2D eigenvalue weighted by Gasteiger charge is -2.12. The van der Waals surface area contributed by atoms with Crippen molar-refractivity contribution in [3.05, 3.63) is 75.9 Å². The van der Waals surface area contributed by atoms with E-state index in [1.165, 1.54) is 23.8 Å². The van der Waals surface area contributed by atoms with Gasteiger partial charge in [0.2, 0.25) is 0 Å². The maximum atomic E-state index is 13.4. The van der Waals surface area contributed by atoms with Crippen LogP contribution in [0.2, 0.25) is 5.02 Å². The number of nitrogens with one attached hydrogen (secondary N) is 1. The second-order valence-corrected chi connectivity index (χ2v) is 7.68. The van der Waals surface area contributed by atoms with E-state index in [1.807, 2.05) is 0 Å². The van der Waals surface area contributed by atoms with Gasteiger partial charge >= 0.3 is 6.18 Å². The third kappa shape index (κ3) is 4.44. The number of alkyl halides is 3. The standard InChI is InChI=1S/C22H16ClF4N5O2/c1-11-19(21(33)28-16-9-13(22(25,26)27)5-8-15(16)23)29-30-20-18(12-3-6-14(24)7-4-12)17(10-34-2)31-32(11)20/h3-9H,10H2,1-2H3,(H,28,33). The van der Waals surface area contributed by atoms with Crippen LogP contribution in [0.4, 0.5) is 23.2 Å². The molecule has 0 unspecified atom stereocenters. The molecule has 0 aliphatic heterocycles. The Morgan fingerprint density at radius 2 is 1.85 bits per heavy atom. The molecule has 4 aromatic rings. The van der Waals surface area contributed by atoms with Gasteiger partial charge in [-0.05, 0) is 42.8 Å². The topological polar surface area (TPSA) is 81.4 Å². The van der Waals surface area contributed by atoms with Crippen molar-refractivity contribution in [2.45, 2.75) is 19.7 Å². The highest BCUT2D eigenvalue weighted by Crippen LogP contribution is 2.34. The lowest BCUT2D eigenvalue weighted by Crippen LogP contribution is -2.19. The number of ether oxygens (including phenoxy) is 1. The Labute approximate surface area is 195 Å². The summed E-state index contributed by atoms with van der Waals surface area (Å²) < 4.78 is 59.1. The summed E-state index contributed by atoms with van der Waals surface area (Å²) in [7, 11) is 1.48. The van der Waals surface area contributed by atoms with E-state index < -0.39 is 23.5 Å². The smallest absolute Gasteiger partial charge is 0.378 e. The summed E-state index contributed by atoms with van der Waals surface area (Å²) in [6, 6.07) is 8.28. The minimum atomic E-state index is -4.61. The molecule has 0 fully saturated rings. The van der Waals surface area contributed by atoms with Gasteiger partial charge in [0.05, 0.1) is 39.8 Å². The summed E-state index contributed by atoms with van der Waals surface area (Å²) >= 11 is 5.97. The van der Waals surface area contributed by atoms with Gasteiger partial charge < -0.3 is 10.1 Å². The van der Waals surface area contributed by atoms with Crippen molar-refractivity contribution >= 4 is 28.8 Å². The SMILES string of the molecule is COCc1nn2c(C)c(C(=O)Nc3cc(C(F)(F)F)ccc3Cl)nnc2c1-c1ccc(F)cc1. The normalized spacial score (nSPS) is 11.7. The zero-order valence-corrected chi connectivity index (χ0v) is 18.5. The van der Waals surface area contributed by atoms with E-state index in [1.54, 1.807) is 19.1 Å². The van der Waals surface area contributed by atoms with E-state index in [0.29, 0.717) is 22.5 Å². The van der Waals surface area contributed by atoms with Crippen LogP contribution in [0.15, 0.2) is 42.5 Å². The van der Waals surface area contributed by atoms with Gasteiger partial charge in [0.1, 0.15) is 5.82 Å². The van der Waals surface area contributed by atoms with Crippen LogP contribution < -0.4 is 5.32 Å². The third-order valence-corrected chi connectivity index (χ3v) is 5.34. The van der Waals surface area contributed by atoms with Gasteiger partial charge in [-0.15, -0.1) is 10.2 Å². The number of hydrogen-bond donors (Lipinski definition) is 1. The fourth-order valence-electron chi connectivity index (χ4n) is 3.39. The number of aryl methyl sites for hydroxylation is 1. The van der Waals surface area contributed by atoms with Gasteiger partial charge in [0, 0.05) is 7.11 Å². The molecular formula is C22H16ClF4N5O2. The fraction of sp³-hybridized carbons (Fsp3) is 0.182. The van der Waals surface area contributed by atoms with Crippen LogP contribution in [-0.2, 0) is 17.5 Å². The molecule has 2 heterocycles. The summed E-state index contributed by atoms with van der Waals surface area (Å²) in [6.45, 7) is 1.67. The molecule has 0 aliphatic carbocycles. The first-order valence-corrected chi connectivity index (χ1v) is 10.2. The van der Waals surface area contributed by atoms with E-state index in [9.17, 15) is 22.4 Å². The Morgan fingerprint density at radius 1 is 1.15 bits per heavy atom. The summed E-state index contributed by atoms with van der Waals surface area (Å²) in [4.78, 5) is 12.9. The molecule has 7 nitrogen and oxygen atoms in total. The zero-order chi connectivity index (χ0) is 24.6. The lowest BCUT2D eigenvalue weighted by molar-refractivity contribution is -0.137. The predicted octanol–water partition coefficient (Wildman–Crippen LogP) is 5.31. The quantitative estimate of drug-likeness (QED) is 0.381. The minimum Gasteiger partial charge on any atom is -0.378 e.